The molecule has 2 rings (SSSR count). The third-order valence-corrected chi connectivity index (χ3v) is 3.70. The number of rotatable bonds is 6. The number of carbonyl (C=O) groups is 1. The molecule has 0 amide bonds. The molecule has 0 radical (unpaired) electrons. The Labute approximate surface area is 117 Å². The first-order valence-corrected chi connectivity index (χ1v) is 6.90. The van der Waals surface area contributed by atoms with Crippen molar-refractivity contribution in [1.29, 1.82) is 0 Å². The van der Waals surface area contributed by atoms with Crippen molar-refractivity contribution in [3.05, 3.63) is 29.6 Å². The third kappa shape index (κ3) is 3.70. The van der Waals surface area contributed by atoms with E-state index in [1.807, 2.05) is 0 Å². The Morgan fingerprint density at radius 3 is 2.75 bits per heavy atom. The quantitative estimate of drug-likeness (QED) is 0.842. The van der Waals surface area contributed by atoms with Crippen molar-refractivity contribution in [2.45, 2.75) is 38.2 Å². The number of ether oxygens (including phenoxy) is 1. The number of hydrogen-bond donors (Lipinski definition) is 2. The van der Waals surface area contributed by atoms with Crippen LogP contribution >= 0.6 is 0 Å². The van der Waals surface area contributed by atoms with Crippen LogP contribution in [0.3, 0.4) is 0 Å². The third-order valence-electron chi connectivity index (χ3n) is 3.70. The van der Waals surface area contributed by atoms with Crippen LogP contribution in [0.5, 0.6) is 5.75 Å². The van der Waals surface area contributed by atoms with Crippen LogP contribution in [-0.2, 0) is 0 Å². The van der Waals surface area contributed by atoms with Crippen molar-refractivity contribution in [2.24, 2.45) is 5.92 Å². The van der Waals surface area contributed by atoms with E-state index in [0.717, 1.165) is 18.9 Å². The molecular weight excluding hydrogens is 263 g/mol. The van der Waals surface area contributed by atoms with Gasteiger partial charge >= 0.3 is 5.97 Å². The molecule has 1 unspecified atom stereocenters. The van der Waals surface area contributed by atoms with Gasteiger partial charge in [-0.2, -0.15) is 0 Å². The van der Waals surface area contributed by atoms with E-state index >= 15 is 0 Å². The first-order chi connectivity index (χ1) is 9.58. The fourth-order valence-corrected chi connectivity index (χ4v) is 2.72. The number of benzene rings is 1. The van der Waals surface area contributed by atoms with Crippen molar-refractivity contribution in [3.8, 4) is 5.75 Å². The molecule has 1 aliphatic rings. The van der Waals surface area contributed by atoms with Crippen LogP contribution in [0.2, 0.25) is 0 Å². The summed E-state index contributed by atoms with van der Waals surface area (Å²) in [7, 11) is 0. The Morgan fingerprint density at radius 2 is 2.10 bits per heavy atom. The van der Waals surface area contributed by atoms with Crippen molar-refractivity contribution in [1.82, 2.24) is 0 Å². The average molecular weight is 282 g/mol. The highest BCUT2D eigenvalue weighted by Crippen LogP contribution is 2.29. The highest BCUT2D eigenvalue weighted by molar-refractivity contribution is 5.91. The number of aliphatic hydroxyl groups excluding tert-OH is 1. The fourth-order valence-electron chi connectivity index (χ4n) is 2.72. The Morgan fingerprint density at radius 1 is 1.40 bits per heavy atom. The van der Waals surface area contributed by atoms with Crippen LogP contribution in [-0.4, -0.2) is 28.9 Å². The van der Waals surface area contributed by atoms with Crippen LogP contribution in [0.25, 0.3) is 0 Å². The largest absolute Gasteiger partial charge is 0.490 e. The van der Waals surface area contributed by atoms with Crippen LogP contribution < -0.4 is 4.74 Å². The van der Waals surface area contributed by atoms with Gasteiger partial charge in [0.05, 0.1) is 6.10 Å². The maximum absolute atomic E-state index is 13.4. The van der Waals surface area contributed by atoms with E-state index in [2.05, 4.69) is 0 Å². The topological polar surface area (TPSA) is 66.8 Å². The van der Waals surface area contributed by atoms with Gasteiger partial charge in [-0.15, -0.1) is 0 Å². The molecule has 0 heterocycles. The minimum absolute atomic E-state index is 0.0137. The van der Waals surface area contributed by atoms with E-state index in [-0.39, 0.29) is 12.4 Å². The van der Waals surface area contributed by atoms with E-state index < -0.39 is 23.5 Å². The lowest BCUT2D eigenvalue weighted by molar-refractivity contribution is 0.0665. The zero-order chi connectivity index (χ0) is 14.5. The lowest BCUT2D eigenvalue weighted by atomic mass is 10.0. The second kappa shape index (κ2) is 6.70. The molecule has 5 heteroatoms. The Balaban J connectivity index is 1.93. The Bertz CT molecular complexity index is 469. The van der Waals surface area contributed by atoms with Crippen molar-refractivity contribution < 1.29 is 24.1 Å². The van der Waals surface area contributed by atoms with Gasteiger partial charge in [0.25, 0.3) is 0 Å². The molecule has 1 atom stereocenters. The smallest absolute Gasteiger partial charge is 0.342 e. The first-order valence-electron chi connectivity index (χ1n) is 6.90. The molecule has 1 aromatic rings. The molecule has 0 aliphatic heterocycles. The van der Waals surface area contributed by atoms with Gasteiger partial charge in [0, 0.05) is 0 Å². The standard InChI is InChI=1S/C15H19FO4/c16-12-6-3-7-13(14(12)15(18)19)20-9-11(17)8-10-4-1-2-5-10/h3,6-7,10-11,17H,1-2,4-5,8-9H2,(H,18,19). The normalized spacial score (nSPS) is 17.1. The summed E-state index contributed by atoms with van der Waals surface area (Å²) in [6, 6.07) is 3.86. The van der Waals surface area contributed by atoms with Crippen LogP contribution in [0.1, 0.15) is 42.5 Å². The van der Waals surface area contributed by atoms with Crippen molar-refractivity contribution in [2.75, 3.05) is 6.61 Å². The first kappa shape index (κ1) is 14.8. The van der Waals surface area contributed by atoms with Crippen LogP contribution in [0, 0.1) is 11.7 Å². The number of carboxylic acids is 1. The predicted octanol–water partition coefficient (Wildman–Crippen LogP) is 2.84. The van der Waals surface area contributed by atoms with Gasteiger partial charge in [-0.05, 0) is 24.5 Å². The zero-order valence-electron chi connectivity index (χ0n) is 11.2. The van der Waals surface area contributed by atoms with Crippen molar-refractivity contribution in [3.63, 3.8) is 0 Å². The number of aromatic carboxylic acids is 1. The lowest BCUT2D eigenvalue weighted by Crippen LogP contribution is -2.21. The molecule has 1 aliphatic carbocycles. The highest BCUT2D eigenvalue weighted by atomic mass is 19.1. The van der Waals surface area contributed by atoms with Gasteiger partial charge < -0.3 is 14.9 Å². The van der Waals surface area contributed by atoms with Gasteiger partial charge in [0.1, 0.15) is 23.7 Å². The van der Waals surface area contributed by atoms with E-state index in [9.17, 15) is 14.3 Å². The maximum Gasteiger partial charge on any atom is 0.342 e. The van der Waals surface area contributed by atoms with E-state index in [0.29, 0.717) is 12.3 Å². The molecular formula is C15H19FO4. The van der Waals surface area contributed by atoms with Crippen LogP contribution in [0.4, 0.5) is 4.39 Å². The monoisotopic (exact) mass is 282 g/mol. The number of hydrogen-bond acceptors (Lipinski definition) is 3. The second-order valence-electron chi connectivity index (χ2n) is 5.27. The molecule has 20 heavy (non-hydrogen) atoms. The summed E-state index contributed by atoms with van der Waals surface area (Å²) in [6.07, 6.45) is 4.64. The number of carboxylic acid groups (broad SMARTS) is 1. The zero-order valence-corrected chi connectivity index (χ0v) is 11.2. The molecule has 1 aromatic carbocycles. The maximum atomic E-state index is 13.4. The molecule has 0 saturated heterocycles. The molecule has 4 nitrogen and oxygen atoms in total. The summed E-state index contributed by atoms with van der Waals surface area (Å²) in [4.78, 5) is 11.0. The summed E-state index contributed by atoms with van der Waals surface area (Å²) in [5, 5.41) is 18.9. The fraction of sp³-hybridized carbons (Fsp3) is 0.533. The summed E-state index contributed by atoms with van der Waals surface area (Å²) >= 11 is 0. The summed E-state index contributed by atoms with van der Waals surface area (Å²) in [5.41, 5.74) is -0.486. The molecule has 110 valence electrons. The summed E-state index contributed by atoms with van der Waals surface area (Å²) < 4.78 is 18.7. The Kier molecular flexibility index (Phi) is 4.95. The highest BCUT2D eigenvalue weighted by Gasteiger charge is 2.21. The summed E-state index contributed by atoms with van der Waals surface area (Å²) in [5.74, 6) is -1.73. The van der Waals surface area contributed by atoms with Crippen molar-refractivity contribution >= 4 is 5.97 Å². The van der Waals surface area contributed by atoms with E-state index in [1.54, 1.807) is 0 Å². The van der Waals surface area contributed by atoms with Gasteiger partial charge in [-0.1, -0.05) is 31.7 Å². The molecule has 0 spiro atoms. The average Bonchev–Trinajstić information content (AvgIpc) is 2.88. The van der Waals surface area contributed by atoms with E-state index in [4.69, 9.17) is 9.84 Å². The molecule has 0 aromatic heterocycles. The van der Waals surface area contributed by atoms with Gasteiger partial charge in [-0.25, -0.2) is 9.18 Å². The Hall–Kier alpha value is -1.62. The van der Waals surface area contributed by atoms with Gasteiger partial charge in [0.15, 0.2) is 0 Å². The minimum Gasteiger partial charge on any atom is -0.490 e. The minimum atomic E-state index is -1.37. The SMILES string of the molecule is O=C(O)c1c(F)cccc1OCC(O)CC1CCCC1. The lowest BCUT2D eigenvalue weighted by Gasteiger charge is -2.17. The van der Waals surface area contributed by atoms with E-state index in [1.165, 1.54) is 25.0 Å². The molecule has 1 fully saturated rings. The number of aliphatic hydroxyl groups is 1. The van der Waals surface area contributed by atoms with Gasteiger partial charge in [0.2, 0.25) is 0 Å². The second-order valence-corrected chi connectivity index (χ2v) is 5.27. The molecule has 0 bridgehead atoms. The molecule has 2 N–H and O–H groups in total. The van der Waals surface area contributed by atoms with Gasteiger partial charge in [-0.3, -0.25) is 0 Å². The number of halogens is 1. The summed E-state index contributed by atoms with van der Waals surface area (Å²) in [6.45, 7) is -0.0137. The molecule has 1 saturated carbocycles. The van der Waals surface area contributed by atoms with Crippen LogP contribution in [0.15, 0.2) is 18.2 Å². The predicted molar refractivity (Wildman–Crippen MR) is 71.4 cm³/mol.